The van der Waals surface area contributed by atoms with Gasteiger partial charge in [0.1, 0.15) is 0 Å². The molecule has 0 saturated heterocycles. The van der Waals surface area contributed by atoms with Gasteiger partial charge in [-0.05, 0) is 68.3 Å². The first kappa shape index (κ1) is 18.1. The lowest BCUT2D eigenvalue weighted by atomic mass is 10.0. The predicted molar refractivity (Wildman–Crippen MR) is 121 cm³/mol. The van der Waals surface area contributed by atoms with Crippen LogP contribution in [0.15, 0.2) is 97.1 Å². The molecule has 28 heavy (non-hydrogen) atoms. The number of benzene rings is 4. The van der Waals surface area contributed by atoms with Gasteiger partial charge in [-0.25, -0.2) is 0 Å². The fourth-order valence-corrected chi connectivity index (χ4v) is 3.48. The fraction of sp³-hybridized carbons (Fsp3) is 0.111. The largest absolute Gasteiger partial charge is 0.310 e. The van der Waals surface area contributed by atoms with Crippen LogP contribution in [0.1, 0.15) is 16.7 Å². The second-order valence-corrected chi connectivity index (χ2v) is 7.43. The molecule has 0 unspecified atom stereocenters. The maximum Gasteiger partial charge on any atom is 0.0467 e. The van der Waals surface area contributed by atoms with Gasteiger partial charge in [-0.1, -0.05) is 77.4 Å². The molecule has 1 heteroatoms. The summed E-state index contributed by atoms with van der Waals surface area (Å²) in [6, 6.07) is 34.9. The monoisotopic (exact) mass is 363 g/mol. The van der Waals surface area contributed by atoms with Crippen molar-refractivity contribution in [3.63, 3.8) is 0 Å². The summed E-state index contributed by atoms with van der Waals surface area (Å²) in [6.45, 7) is 6.38. The van der Waals surface area contributed by atoms with Gasteiger partial charge in [-0.3, -0.25) is 0 Å². The number of rotatable bonds is 4. The standard InChI is InChI=1S/C27H25N/c1-20-10-14-25(15-11-20)28(26-16-12-21(2)13-17-26)27-9-5-8-24(19-27)23-7-4-6-22(3)18-23/h4-19H,1-3H3. The molecule has 0 atom stereocenters. The predicted octanol–water partition coefficient (Wildman–Crippen LogP) is 7.75. The number of aryl methyl sites for hydroxylation is 3. The lowest BCUT2D eigenvalue weighted by Crippen LogP contribution is -2.10. The van der Waals surface area contributed by atoms with Crippen molar-refractivity contribution in [2.45, 2.75) is 20.8 Å². The van der Waals surface area contributed by atoms with Crippen molar-refractivity contribution >= 4 is 17.1 Å². The Morgan fingerprint density at radius 2 is 0.929 bits per heavy atom. The van der Waals surface area contributed by atoms with E-state index in [1.165, 1.54) is 27.8 Å². The Morgan fingerprint density at radius 3 is 1.46 bits per heavy atom. The Morgan fingerprint density at radius 1 is 0.429 bits per heavy atom. The lowest BCUT2D eigenvalue weighted by Gasteiger charge is -2.26. The van der Waals surface area contributed by atoms with Crippen LogP contribution in [0.5, 0.6) is 0 Å². The van der Waals surface area contributed by atoms with E-state index in [-0.39, 0.29) is 0 Å². The molecule has 0 aliphatic heterocycles. The van der Waals surface area contributed by atoms with Crippen molar-refractivity contribution in [1.82, 2.24) is 0 Å². The average Bonchev–Trinajstić information content (AvgIpc) is 2.71. The third kappa shape index (κ3) is 3.84. The smallest absolute Gasteiger partial charge is 0.0467 e. The van der Waals surface area contributed by atoms with Crippen LogP contribution in [-0.4, -0.2) is 0 Å². The van der Waals surface area contributed by atoms with Crippen molar-refractivity contribution < 1.29 is 0 Å². The maximum atomic E-state index is 2.32. The quantitative estimate of drug-likeness (QED) is 0.358. The van der Waals surface area contributed by atoms with E-state index in [1.54, 1.807) is 0 Å². The summed E-state index contributed by atoms with van der Waals surface area (Å²) in [7, 11) is 0. The molecular formula is C27H25N. The Balaban J connectivity index is 1.83. The maximum absolute atomic E-state index is 2.32. The first-order valence-electron chi connectivity index (χ1n) is 9.71. The summed E-state index contributed by atoms with van der Waals surface area (Å²) >= 11 is 0. The highest BCUT2D eigenvalue weighted by Crippen LogP contribution is 2.36. The molecule has 138 valence electrons. The van der Waals surface area contributed by atoms with Gasteiger partial charge < -0.3 is 4.90 Å². The Kier molecular flexibility index (Phi) is 4.99. The van der Waals surface area contributed by atoms with Crippen LogP contribution in [0.25, 0.3) is 11.1 Å². The zero-order valence-electron chi connectivity index (χ0n) is 16.7. The molecule has 0 amide bonds. The molecule has 1 nitrogen and oxygen atoms in total. The van der Waals surface area contributed by atoms with Crippen LogP contribution in [0.3, 0.4) is 0 Å². The third-order valence-corrected chi connectivity index (χ3v) is 5.04. The third-order valence-electron chi connectivity index (χ3n) is 5.04. The van der Waals surface area contributed by atoms with E-state index in [9.17, 15) is 0 Å². The van der Waals surface area contributed by atoms with Crippen molar-refractivity contribution in [2.24, 2.45) is 0 Å². The number of hydrogen-bond acceptors (Lipinski definition) is 1. The van der Waals surface area contributed by atoms with Gasteiger partial charge >= 0.3 is 0 Å². The molecule has 4 aromatic carbocycles. The Bertz CT molecular complexity index is 1030. The number of hydrogen-bond donors (Lipinski definition) is 0. The minimum atomic E-state index is 1.16. The highest BCUT2D eigenvalue weighted by Gasteiger charge is 2.13. The molecule has 0 fully saturated rings. The van der Waals surface area contributed by atoms with Crippen LogP contribution in [-0.2, 0) is 0 Å². The molecule has 0 saturated carbocycles. The number of nitrogens with zero attached hydrogens (tertiary/aromatic N) is 1. The van der Waals surface area contributed by atoms with Crippen LogP contribution in [0.2, 0.25) is 0 Å². The lowest BCUT2D eigenvalue weighted by molar-refractivity contribution is 1.27. The molecule has 0 radical (unpaired) electrons. The minimum Gasteiger partial charge on any atom is -0.310 e. The Labute approximate surface area is 167 Å². The summed E-state index contributed by atoms with van der Waals surface area (Å²) in [4.78, 5) is 2.32. The van der Waals surface area contributed by atoms with Gasteiger partial charge in [0.05, 0.1) is 0 Å². The van der Waals surface area contributed by atoms with Gasteiger partial charge in [0, 0.05) is 17.1 Å². The SMILES string of the molecule is Cc1ccc(N(c2ccc(C)cc2)c2cccc(-c3cccc(C)c3)c2)cc1. The summed E-state index contributed by atoms with van der Waals surface area (Å²) in [5.41, 5.74) is 9.76. The van der Waals surface area contributed by atoms with Crippen LogP contribution >= 0.6 is 0 Å². The van der Waals surface area contributed by atoms with Gasteiger partial charge in [-0.2, -0.15) is 0 Å². The Hall–Kier alpha value is -3.32. The van der Waals surface area contributed by atoms with Gasteiger partial charge in [0.25, 0.3) is 0 Å². The second-order valence-electron chi connectivity index (χ2n) is 7.43. The van der Waals surface area contributed by atoms with Gasteiger partial charge in [0.2, 0.25) is 0 Å². The van der Waals surface area contributed by atoms with E-state index in [0.29, 0.717) is 0 Å². The van der Waals surface area contributed by atoms with Gasteiger partial charge in [0.15, 0.2) is 0 Å². The van der Waals surface area contributed by atoms with E-state index >= 15 is 0 Å². The van der Waals surface area contributed by atoms with Crippen LogP contribution in [0, 0.1) is 20.8 Å². The average molecular weight is 364 g/mol. The topological polar surface area (TPSA) is 3.24 Å². The first-order chi connectivity index (χ1) is 13.6. The summed E-state index contributed by atoms with van der Waals surface area (Å²) < 4.78 is 0. The molecule has 4 rings (SSSR count). The van der Waals surface area contributed by atoms with E-state index < -0.39 is 0 Å². The molecule has 0 bridgehead atoms. The van der Waals surface area contributed by atoms with Crippen LogP contribution in [0.4, 0.5) is 17.1 Å². The minimum absolute atomic E-state index is 1.16. The van der Waals surface area contributed by atoms with Crippen molar-refractivity contribution in [1.29, 1.82) is 0 Å². The summed E-state index contributed by atoms with van der Waals surface area (Å²) in [5.74, 6) is 0. The fourth-order valence-electron chi connectivity index (χ4n) is 3.48. The molecule has 0 aliphatic rings. The summed E-state index contributed by atoms with van der Waals surface area (Å²) in [5, 5.41) is 0. The molecular weight excluding hydrogens is 338 g/mol. The normalized spacial score (nSPS) is 10.7. The van der Waals surface area contributed by atoms with Crippen LogP contribution < -0.4 is 4.90 Å². The summed E-state index contributed by atoms with van der Waals surface area (Å²) in [6.07, 6.45) is 0. The van der Waals surface area contributed by atoms with E-state index in [1.807, 2.05) is 0 Å². The van der Waals surface area contributed by atoms with Crippen molar-refractivity contribution in [3.8, 4) is 11.1 Å². The molecule has 0 aromatic heterocycles. The van der Waals surface area contributed by atoms with Gasteiger partial charge in [-0.15, -0.1) is 0 Å². The second kappa shape index (κ2) is 7.74. The molecule has 0 spiro atoms. The molecule has 0 aliphatic carbocycles. The van der Waals surface area contributed by atoms with Crippen molar-refractivity contribution in [2.75, 3.05) is 4.90 Å². The molecule has 0 N–H and O–H groups in total. The highest BCUT2D eigenvalue weighted by molar-refractivity contribution is 5.80. The first-order valence-corrected chi connectivity index (χ1v) is 9.71. The van der Waals surface area contributed by atoms with E-state index in [2.05, 4.69) is 123 Å². The molecule has 0 heterocycles. The highest BCUT2D eigenvalue weighted by atomic mass is 15.1. The zero-order valence-corrected chi connectivity index (χ0v) is 16.7. The number of anilines is 3. The molecule has 4 aromatic rings. The van der Waals surface area contributed by atoms with E-state index in [4.69, 9.17) is 0 Å². The van der Waals surface area contributed by atoms with Crippen molar-refractivity contribution in [3.05, 3.63) is 114 Å². The zero-order chi connectivity index (χ0) is 19.5. The van der Waals surface area contributed by atoms with E-state index in [0.717, 1.165) is 17.1 Å².